The highest BCUT2D eigenvalue weighted by Gasteiger charge is 2.03. The summed E-state index contributed by atoms with van der Waals surface area (Å²) in [5, 5.41) is 5.93. The number of para-hydroxylation sites is 1. The van der Waals surface area contributed by atoms with E-state index in [1.165, 1.54) is 0 Å². The molecule has 0 bridgehead atoms. The van der Waals surface area contributed by atoms with E-state index in [-0.39, 0.29) is 6.03 Å². The van der Waals surface area contributed by atoms with Crippen molar-refractivity contribution >= 4 is 40.5 Å². The molecule has 0 aliphatic rings. The van der Waals surface area contributed by atoms with Crippen LogP contribution < -0.4 is 16.4 Å². The van der Waals surface area contributed by atoms with Gasteiger partial charge in [0.05, 0.1) is 15.7 Å². The average Bonchev–Trinajstić information content (AvgIpc) is 2.31. The minimum atomic E-state index is -0.265. The minimum Gasteiger partial charge on any atom is -0.393 e. The third kappa shape index (κ3) is 5.84. The monoisotopic (exact) mass is 285 g/mol. The maximum Gasteiger partial charge on any atom is 0.319 e. The van der Waals surface area contributed by atoms with Crippen molar-refractivity contribution in [3.8, 4) is 0 Å². The van der Waals surface area contributed by atoms with Crippen molar-refractivity contribution in [3.05, 3.63) is 29.3 Å². The predicted molar refractivity (Wildman–Crippen MR) is 79.1 cm³/mol. The summed E-state index contributed by atoms with van der Waals surface area (Å²) in [4.78, 5) is 12.0. The fourth-order valence-electron chi connectivity index (χ4n) is 1.36. The zero-order valence-electron chi connectivity index (χ0n) is 9.91. The Balaban J connectivity index is 2.22. The molecule has 0 aromatic heterocycles. The summed E-state index contributed by atoms with van der Waals surface area (Å²) in [6.07, 6.45) is 2.43. The number of urea groups is 1. The number of carbonyl (C=O) groups is 1. The van der Waals surface area contributed by atoms with Gasteiger partial charge in [0, 0.05) is 6.54 Å². The number of hydrogen-bond donors (Lipinski definition) is 3. The maximum atomic E-state index is 11.5. The van der Waals surface area contributed by atoms with Crippen molar-refractivity contribution in [2.45, 2.75) is 19.3 Å². The van der Waals surface area contributed by atoms with Crippen molar-refractivity contribution in [2.75, 3.05) is 11.9 Å². The van der Waals surface area contributed by atoms with Gasteiger partial charge < -0.3 is 16.4 Å². The Morgan fingerprint density at radius 2 is 2.06 bits per heavy atom. The van der Waals surface area contributed by atoms with Gasteiger partial charge in [0.2, 0.25) is 0 Å². The predicted octanol–water partition coefficient (Wildman–Crippen LogP) is 2.92. The van der Waals surface area contributed by atoms with Crippen LogP contribution in [-0.4, -0.2) is 17.6 Å². The van der Waals surface area contributed by atoms with Crippen molar-refractivity contribution in [1.82, 2.24) is 5.32 Å². The summed E-state index contributed by atoms with van der Waals surface area (Å²) in [6, 6.07) is 6.82. The van der Waals surface area contributed by atoms with Crippen LogP contribution in [0.15, 0.2) is 24.3 Å². The number of hydrogen-bond acceptors (Lipinski definition) is 2. The third-order valence-corrected chi connectivity index (χ3v) is 2.79. The lowest BCUT2D eigenvalue weighted by atomic mass is 10.2. The van der Waals surface area contributed by atoms with Gasteiger partial charge in [-0.25, -0.2) is 4.79 Å². The summed E-state index contributed by atoms with van der Waals surface area (Å²) in [7, 11) is 0. The summed E-state index contributed by atoms with van der Waals surface area (Å²) in [5.41, 5.74) is 5.97. The molecule has 1 rings (SSSR count). The van der Waals surface area contributed by atoms with Crippen molar-refractivity contribution in [1.29, 1.82) is 0 Å². The number of unbranched alkanes of at least 4 members (excludes halogenated alkanes) is 1. The van der Waals surface area contributed by atoms with Gasteiger partial charge in [0.1, 0.15) is 0 Å². The molecule has 4 N–H and O–H groups in total. The molecular weight excluding hydrogens is 270 g/mol. The Bertz CT molecular complexity index is 426. The van der Waals surface area contributed by atoms with Crippen LogP contribution in [0.3, 0.4) is 0 Å². The number of nitrogens with one attached hydrogen (secondary N) is 2. The maximum absolute atomic E-state index is 11.5. The van der Waals surface area contributed by atoms with Gasteiger partial charge in [0.25, 0.3) is 0 Å². The summed E-state index contributed by atoms with van der Waals surface area (Å²) >= 11 is 10.7. The molecule has 0 saturated carbocycles. The molecule has 1 aromatic carbocycles. The molecule has 1 aromatic rings. The van der Waals surface area contributed by atoms with Gasteiger partial charge in [0.15, 0.2) is 0 Å². The van der Waals surface area contributed by atoms with E-state index < -0.39 is 0 Å². The molecule has 0 heterocycles. The molecule has 0 radical (unpaired) electrons. The molecule has 0 aliphatic carbocycles. The van der Waals surface area contributed by atoms with E-state index in [0.29, 0.717) is 28.7 Å². The first kappa shape index (κ1) is 14.7. The standard InChI is InChI=1S/C12H16ClN3OS/c13-9-5-1-2-6-10(9)16-12(17)15-8-4-3-7-11(14)18/h1-2,5-6H,3-4,7-8H2,(H2,14,18)(H2,15,16,17). The minimum absolute atomic E-state index is 0.265. The molecule has 0 unspecified atom stereocenters. The van der Waals surface area contributed by atoms with Crippen LogP contribution in [0.1, 0.15) is 19.3 Å². The fraction of sp³-hybridized carbons (Fsp3) is 0.333. The SMILES string of the molecule is NC(=S)CCCCNC(=O)Nc1ccccc1Cl. The first-order valence-electron chi connectivity index (χ1n) is 5.67. The Labute approximate surface area is 117 Å². The van der Waals surface area contributed by atoms with E-state index in [2.05, 4.69) is 10.6 Å². The van der Waals surface area contributed by atoms with Gasteiger partial charge in [-0.05, 0) is 31.4 Å². The van der Waals surface area contributed by atoms with Crippen LogP contribution in [0, 0.1) is 0 Å². The van der Waals surface area contributed by atoms with Gasteiger partial charge >= 0.3 is 6.03 Å². The molecular formula is C12H16ClN3OS. The van der Waals surface area contributed by atoms with Crippen LogP contribution in [0.25, 0.3) is 0 Å². The lowest BCUT2D eigenvalue weighted by molar-refractivity contribution is 0.252. The normalized spacial score (nSPS) is 9.83. The summed E-state index contributed by atoms with van der Waals surface area (Å²) < 4.78 is 0. The van der Waals surface area contributed by atoms with E-state index in [4.69, 9.17) is 29.6 Å². The first-order chi connectivity index (χ1) is 8.59. The van der Waals surface area contributed by atoms with Gasteiger partial charge in [-0.2, -0.15) is 0 Å². The molecule has 2 amide bonds. The molecule has 0 fully saturated rings. The Hall–Kier alpha value is -1.33. The van der Waals surface area contributed by atoms with Gasteiger partial charge in [-0.3, -0.25) is 0 Å². The van der Waals surface area contributed by atoms with E-state index in [9.17, 15) is 4.79 Å². The second-order valence-electron chi connectivity index (χ2n) is 3.78. The molecule has 6 heteroatoms. The fourth-order valence-corrected chi connectivity index (χ4v) is 1.68. The van der Waals surface area contributed by atoms with Crippen LogP contribution in [0.2, 0.25) is 5.02 Å². The average molecular weight is 286 g/mol. The number of carbonyl (C=O) groups excluding carboxylic acids is 1. The molecule has 0 aliphatic heterocycles. The number of rotatable bonds is 6. The number of benzene rings is 1. The highest BCUT2D eigenvalue weighted by molar-refractivity contribution is 7.80. The van der Waals surface area contributed by atoms with Crippen LogP contribution in [0.5, 0.6) is 0 Å². The van der Waals surface area contributed by atoms with Crippen LogP contribution in [-0.2, 0) is 0 Å². The van der Waals surface area contributed by atoms with Gasteiger partial charge in [-0.15, -0.1) is 0 Å². The van der Waals surface area contributed by atoms with E-state index >= 15 is 0 Å². The topological polar surface area (TPSA) is 67.1 Å². The Morgan fingerprint density at radius 3 is 2.72 bits per heavy atom. The number of anilines is 1. The third-order valence-electron chi connectivity index (χ3n) is 2.26. The molecule has 0 spiro atoms. The molecule has 0 saturated heterocycles. The van der Waals surface area contributed by atoms with E-state index in [0.717, 1.165) is 12.8 Å². The molecule has 18 heavy (non-hydrogen) atoms. The summed E-state index contributed by atoms with van der Waals surface area (Å²) in [5.74, 6) is 0. The zero-order chi connectivity index (χ0) is 13.4. The van der Waals surface area contributed by atoms with E-state index in [1.807, 2.05) is 6.07 Å². The van der Waals surface area contributed by atoms with Crippen LogP contribution >= 0.6 is 23.8 Å². The number of halogens is 1. The van der Waals surface area contributed by atoms with Crippen LogP contribution in [0.4, 0.5) is 10.5 Å². The second-order valence-corrected chi connectivity index (χ2v) is 4.72. The highest BCUT2D eigenvalue weighted by atomic mass is 35.5. The van der Waals surface area contributed by atoms with Crippen molar-refractivity contribution in [2.24, 2.45) is 5.73 Å². The smallest absolute Gasteiger partial charge is 0.319 e. The number of thiocarbonyl (C=S) groups is 1. The van der Waals surface area contributed by atoms with E-state index in [1.54, 1.807) is 18.2 Å². The first-order valence-corrected chi connectivity index (χ1v) is 6.46. The number of amides is 2. The highest BCUT2D eigenvalue weighted by Crippen LogP contribution is 2.19. The Morgan fingerprint density at radius 1 is 1.33 bits per heavy atom. The molecule has 98 valence electrons. The van der Waals surface area contributed by atoms with Crippen molar-refractivity contribution in [3.63, 3.8) is 0 Å². The van der Waals surface area contributed by atoms with Gasteiger partial charge in [-0.1, -0.05) is 36.0 Å². The van der Waals surface area contributed by atoms with Crippen molar-refractivity contribution < 1.29 is 4.79 Å². The zero-order valence-corrected chi connectivity index (χ0v) is 11.5. The quantitative estimate of drug-likeness (QED) is 0.556. The molecule has 0 atom stereocenters. The molecule has 4 nitrogen and oxygen atoms in total. The lowest BCUT2D eigenvalue weighted by Crippen LogP contribution is -2.29. The lowest BCUT2D eigenvalue weighted by Gasteiger charge is -2.08. The largest absolute Gasteiger partial charge is 0.393 e. The Kier molecular flexibility index (Phi) is 6.46. The second kappa shape index (κ2) is 7.89. The number of nitrogens with two attached hydrogens (primary N) is 1. The summed E-state index contributed by atoms with van der Waals surface area (Å²) in [6.45, 7) is 0.582.